The number of methoxy groups -OCH3 is 2. The molecule has 33 heavy (non-hydrogen) atoms. The van der Waals surface area contributed by atoms with Gasteiger partial charge in [-0.05, 0) is 48.7 Å². The van der Waals surface area contributed by atoms with Gasteiger partial charge in [0.1, 0.15) is 17.1 Å². The molecule has 0 spiro atoms. The Morgan fingerprint density at radius 3 is 2.52 bits per heavy atom. The first kappa shape index (κ1) is 24.2. The van der Waals surface area contributed by atoms with Gasteiger partial charge in [0, 0.05) is 30.6 Å². The second-order valence-electron chi connectivity index (χ2n) is 7.60. The summed E-state index contributed by atoms with van der Waals surface area (Å²) in [4.78, 5) is 38.7. The number of hydrogen-bond acceptors (Lipinski definition) is 6. The normalized spacial score (nSPS) is 13.8. The number of amides is 3. The van der Waals surface area contributed by atoms with Gasteiger partial charge in [0.05, 0.1) is 19.9 Å². The molecule has 1 aliphatic rings. The summed E-state index contributed by atoms with van der Waals surface area (Å²) in [6, 6.07) is 9.21. The molecule has 0 aromatic heterocycles. The van der Waals surface area contributed by atoms with Crippen molar-refractivity contribution >= 4 is 35.2 Å². The number of carbonyl (C=O) groups is 3. The number of nitrogens with zero attached hydrogens (tertiary/aromatic N) is 1. The minimum absolute atomic E-state index is 0.0570. The number of likely N-dealkylation sites (tertiary alicyclic amines) is 1. The second-order valence-corrected chi connectivity index (χ2v) is 8.03. The number of halogens is 1. The molecule has 9 nitrogen and oxygen atoms in total. The predicted octanol–water partition coefficient (Wildman–Crippen LogP) is 3.40. The van der Waals surface area contributed by atoms with Crippen LogP contribution in [-0.4, -0.2) is 55.2 Å². The summed E-state index contributed by atoms with van der Waals surface area (Å²) in [6.07, 6.45) is 0.991. The monoisotopic (exact) mass is 475 g/mol. The summed E-state index contributed by atoms with van der Waals surface area (Å²) in [5.41, 5.74) is 1.27. The molecule has 176 valence electrons. The van der Waals surface area contributed by atoms with Crippen molar-refractivity contribution in [2.45, 2.75) is 19.4 Å². The van der Waals surface area contributed by atoms with Crippen molar-refractivity contribution in [1.82, 2.24) is 10.2 Å². The number of benzene rings is 2. The summed E-state index contributed by atoms with van der Waals surface area (Å²) >= 11 is 5.92. The third-order valence-electron chi connectivity index (χ3n) is 5.48. The zero-order valence-electron chi connectivity index (χ0n) is 18.4. The van der Waals surface area contributed by atoms with E-state index >= 15 is 0 Å². The SMILES string of the molecule is COC(=O)c1cc(CNC(=O)N2CCC(C(=O)Nc3cc(Cl)ccc3O)CC2)ccc1OC. The van der Waals surface area contributed by atoms with Crippen LogP contribution in [0.2, 0.25) is 5.02 Å². The minimum atomic E-state index is -0.522. The van der Waals surface area contributed by atoms with Crippen LogP contribution in [0.3, 0.4) is 0 Å². The Labute approximate surface area is 196 Å². The topological polar surface area (TPSA) is 117 Å². The Hall–Kier alpha value is -3.46. The smallest absolute Gasteiger partial charge is 0.341 e. The van der Waals surface area contributed by atoms with E-state index < -0.39 is 5.97 Å². The van der Waals surface area contributed by atoms with Crippen molar-refractivity contribution in [3.8, 4) is 11.5 Å². The Balaban J connectivity index is 1.51. The Morgan fingerprint density at radius 1 is 1.12 bits per heavy atom. The maximum absolute atomic E-state index is 12.6. The molecule has 0 radical (unpaired) electrons. The van der Waals surface area contributed by atoms with E-state index in [-0.39, 0.29) is 41.4 Å². The molecule has 1 heterocycles. The maximum atomic E-state index is 12.6. The van der Waals surface area contributed by atoms with E-state index in [1.165, 1.54) is 32.4 Å². The van der Waals surface area contributed by atoms with E-state index in [1.807, 2.05) is 0 Å². The number of ether oxygens (including phenoxy) is 2. The predicted molar refractivity (Wildman–Crippen MR) is 123 cm³/mol. The van der Waals surface area contributed by atoms with Crippen molar-refractivity contribution in [1.29, 1.82) is 0 Å². The van der Waals surface area contributed by atoms with E-state index in [0.29, 0.717) is 36.7 Å². The molecular formula is C23H26ClN3O6. The summed E-state index contributed by atoms with van der Waals surface area (Å²) in [5.74, 6) is -0.689. The molecule has 1 fully saturated rings. The lowest BCUT2D eigenvalue weighted by molar-refractivity contribution is -0.121. The van der Waals surface area contributed by atoms with Crippen molar-refractivity contribution in [3.05, 3.63) is 52.5 Å². The quantitative estimate of drug-likeness (QED) is 0.435. The van der Waals surface area contributed by atoms with E-state index in [1.54, 1.807) is 23.1 Å². The van der Waals surface area contributed by atoms with Gasteiger partial charge in [0.15, 0.2) is 0 Å². The number of urea groups is 1. The van der Waals surface area contributed by atoms with Crippen molar-refractivity contribution in [2.75, 3.05) is 32.6 Å². The molecule has 3 amide bonds. The molecule has 10 heteroatoms. The molecular weight excluding hydrogens is 450 g/mol. The lowest BCUT2D eigenvalue weighted by Crippen LogP contribution is -2.45. The molecule has 3 N–H and O–H groups in total. The number of esters is 1. The van der Waals surface area contributed by atoms with Crippen LogP contribution in [0.5, 0.6) is 11.5 Å². The number of piperidine rings is 1. The fourth-order valence-electron chi connectivity index (χ4n) is 3.61. The first-order valence-electron chi connectivity index (χ1n) is 10.4. The second kappa shape index (κ2) is 10.9. The first-order valence-corrected chi connectivity index (χ1v) is 10.8. The highest BCUT2D eigenvalue weighted by atomic mass is 35.5. The number of anilines is 1. The lowest BCUT2D eigenvalue weighted by Gasteiger charge is -2.31. The van der Waals surface area contributed by atoms with Gasteiger partial charge in [0.25, 0.3) is 0 Å². The van der Waals surface area contributed by atoms with Gasteiger partial charge in [-0.3, -0.25) is 4.79 Å². The molecule has 0 aliphatic carbocycles. The average molecular weight is 476 g/mol. The molecule has 2 aromatic carbocycles. The number of aromatic hydroxyl groups is 1. The van der Waals surface area contributed by atoms with E-state index in [9.17, 15) is 19.5 Å². The molecule has 0 atom stereocenters. The van der Waals surface area contributed by atoms with Gasteiger partial charge < -0.3 is 30.1 Å². The Kier molecular flexibility index (Phi) is 8.00. The summed E-state index contributed by atoms with van der Waals surface area (Å²) in [7, 11) is 2.75. The van der Waals surface area contributed by atoms with Gasteiger partial charge in [-0.25, -0.2) is 9.59 Å². The zero-order valence-corrected chi connectivity index (χ0v) is 19.1. The highest BCUT2D eigenvalue weighted by molar-refractivity contribution is 6.31. The molecule has 2 aromatic rings. The number of carbonyl (C=O) groups excluding carboxylic acids is 3. The van der Waals surface area contributed by atoms with Crippen molar-refractivity contribution in [2.24, 2.45) is 5.92 Å². The van der Waals surface area contributed by atoms with Gasteiger partial charge in [-0.1, -0.05) is 17.7 Å². The summed E-state index contributed by atoms with van der Waals surface area (Å²) in [6.45, 7) is 1.06. The van der Waals surface area contributed by atoms with Gasteiger partial charge in [-0.2, -0.15) is 0 Å². The minimum Gasteiger partial charge on any atom is -0.506 e. The van der Waals surface area contributed by atoms with Crippen molar-refractivity contribution in [3.63, 3.8) is 0 Å². The summed E-state index contributed by atoms with van der Waals surface area (Å²) in [5, 5.41) is 15.8. The molecule has 1 saturated heterocycles. The average Bonchev–Trinajstić information content (AvgIpc) is 2.84. The van der Waals surface area contributed by atoms with Crippen LogP contribution < -0.4 is 15.4 Å². The number of hydrogen-bond donors (Lipinski definition) is 3. The third kappa shape index (κ3) is 6.07. The van der Waals surface area contributed by atoms with Crippen LogP contribution in [0, 0.1) is 5.92 Å². The number of rotatable bonds is 6. The number of phenols is 1. The van der Waals surface area contributed by atoms with Crippen LogP contribution in [-0.2, 0) is 16.1 Å². The van der Waals surface area contributed by atoms with Crippen LogP contribution in [0.4, 0.5) is 10.5 Å². The zero-order chi connectivity index (χ0) is 24.0. The highest BCUT2D eigenvalue weighted by Crippen LogP contribution is 2.28. The van der Waals surface area contributed by atoms with Crippen LogP contribution in [0.1, 0.15) is 28.8 Å². The number of phenolic OH excluding ortho intramolecular Hbond substituents is 1. The molecule has 3 rings (SSSR count). The third-order valence-corrected chi connectivity index (χ3v) is 5.72. The Bertz CT molecular complexity index is 1040. The number of nitrogens with one attached hydrogen (secondary N) is 2. The molecule has 1 aliphatic heterocycles. The summed E-state index contributed by atoms with van der Waals surface area (Å²) < 4.78 is 9.94. The van der Waals surface area contributed by atoms with E-state index in [0.717, 1.165) is 5.56 Å². The largest absolute Gasteiger partial charge is 0.506 e. The van der Waals surface area contributed by atoms with Crippen LogP contribution in [0.15, 0.2) is 36.4 Å². The molecule has 0 saturated carbocycles. The first-order chi connectivity index (χ1) is 15.8. The highest BCUT2D eigenvalue weighted by Gasteiger charge is 2.28. The van der Waals surface area contributed by atoms with Crippen LogP contribution >= 0.6 is 11.6 Å². The fourth-order valence-corrected chi connectivity index (χ4v) is 3.78. The Morgan fingerprint density at radius 2 is 1.85 bits per heavy atom. The van der Waals surface area contributed by atoms with Crippen LogP contribution in [0.25, 0.3) is 0 Å². The maximum Gasteiger partial charge on any atom is 0.341 e. The van der Waals surface area contributed by atoms with Gasteiger partial charge in [-0.15, -0.1) is 0 Å². The van der Waals surface area contributed by atoms with E-state index in [4.69, 9.17) is 21.1 Å². The van der Waals surface area contributed by atoms with Crippen molar-refractivity contribution < 1.29 is 29.0 Å². The van der Waals surface area contributed by atoms with E-state index in [2.05, 4.69) is 10.6 Å². The van der Waals surface area contributed by atoms with Gasteiger partial charge >= 0.3 is 12.0 Å². The molecule has 0 bridgehead atoms. The molecule has 0 unspecified atom stereocenters. The van der Waals surface area contributed by atoms with Gasteiger partial charge in [0.2, 0.25) is 5.91 Å². The standard InChI is InChI=1S/C23H26ClN3O6/c1-32-20-6-3-14(11-17(20)22(30)33-2)13-25-23(31)27-9-7-15(8-10-27)21(29)26-18-12-16(24)4-5-19(18)28/h3-6,11-12,15,28H,7-10,13H2,1-2H3,(H,25,31)(H,26,29). The lowest BCUT2D eigenvalue weighted by atomic mass is 9.96. The fraction of sp³-hybridized carbons (Fsp3) is 0.348.